The Morgan fingerprint density at radius 3 is 2.61 bits per heavy atom. The standard InChI is InChI=1S/C22H24F3N5O/c23-22(24,25)16-8-6-15(7-9-16)20-28-21(31-29-20)19-10-17-18(27-13-26-17)12-30(19)11-14-4-2-1-3-5-14/h6-9,13-14,19H,1-5,10-12H2,(H,26,27). The van der Waals surface area contributed by atoms with Crippen LogP contribution in [0.4, 0.5) is 13.2 Å². The normalized spacial score (nSPS) is 20.7. The second-order valence-electron chi connectivity index (χ2n) is 8.51. The van der Waals surface area contributed by atoms with Gasteiger partial charge < -0.3 is 9.51 Å². The first kappa shape index (κ1) is 20.2. The van der Waals surface area contributed by atoms with Crippen LogP contribution in [0.5, 0.6) is 0 Å². The molecule has 1 saturated carbocycles. The van der Waals surface area contributed by atoms with Crippen LogP contribution < -0.4 is 0 Å². The summed E-state index contributed by atoms with van der Waals surface area (Å²) in [6.45, 7) is 1.70. The van der Waals surface area contributed by atoms with Gasteiger partial charge in [0.25, 0.3) is 0 Å². The third-order valence-electron chi connectivity index (χ3n) is 6.41. The summed E-state index contributed by atoms with van der Waals surface area (Å²) in [6, 6.07) is 4.75. The molecule has 5 rings (SSSR count). The van der Waals surface area contributed by atoms with E-state index >= 15 is 0 Å². The minimum Gasteiger partial charge on any atom is -0.347 e. The SMILES string of the molecule is FC(F)(F)c1ccc(-c2noc(C3Cc4nc[nH]c4CN3CC3CCCCC3)n2)cc1. The molecule has 3 heterocycles. The highest BCUT2D eigenvalue weighted by atomic mass is 19.4. The van der Waals surface area contributed by atoms with E-state index in [2.05, 4.69) is 25.0 Å². The number of aromatic amines is 1. The number of rotatable bonds is 4. The molecule has 3 aromatic rings. The summed E-state index contributed by atoms with van der Waals surface area (Å²) in [5.74, 6) is 1.44. The predicted octanol–water partition coefficient (Wildman–Crippen LogP) is 5.16. The molecular formula is C22H24F3N5O. The molecule has 1 aromatic carbocycles. The summed E-state index contributed by atoms with van der Waals surface area (Å²) in [4.78, 5) is 14.6. The summed E-state index contributed by atoms with van der Waals surface area (Å²) in [5.41, 5.74) is 1.92. The summed E-state index contributed by atoms with van der Waals surface area (Å²) < 4.78 is 44.1. The van der Waals surface area contributed by atoms with Crippen LogP contribution >= 0.6 is 0 Å². The second-order valence-corrected chi connectivity index (χ2v) is 8.51. The largest absolute Gasteiger partial charge is 0.416 e. The predicted molar refractivity (Wildman–Crippen MR) is 107 cm³/mol. The highest BCUT2D eigenvalue weighted by Gasteiger charge is 2.35. The molecule has 0 amide bonds. The zero-order valence-corrected chi connectivity index (χ0v) is 17.0. The van der Waals surface area contributed by atoms with Crippen molar-refractivity contribution in [3.63, 3.8) is 0 Å². The number of nitrogens with one attached hydrogen (secondary N) is 1. The number of hydrogen-bond acceptors (Lipinski definition) is 5. The number of H-pyrrole nitrogens is 1. The molecule has 0 spiro atoms. The van der Waals surface area contributed by atoms with Crippen molar-refractivity contribution in [1.29, 1.82) is 0 Å². The molecule has 9 heteroatoms. The number of imidazole rings is 1. The molecule has 1 atom stereocenters. The van der Waals surface area contributed by atoms with Crippen molar-refractivity contribution >= 4 is 0 Å². The Morgan fingerprint density at radius 1 is 1.10 bits per heavy atom. The Hall–Kier alpha value is -2.68. The molecule has 1 N–H and O–H groups in total. The second kappa shape index (κ2) is 8.11. The van der Waals surface area contributed by atoms with Gasteiger partial charge in [-0.3, -0.25) is 4.90 Å². The van der Waals surface area contributed by atoms with Crippen molar-refractivity contribution in [3.8, 4) is 11.4 Å². The van der Waals surface area contributed by atoms with E-state index in [9.17, 15) is 13.2 Å². The lowest BCUT2D eigenvalue weighted by molar-refractivity contribution is -0.137. The first-order valence-corrected chi connectivity index (χ1v) is 10.7. The molecule has 0 radical (unpaired) electrons. The summed E-state index contributed by atoms with van der Waals surface area (Å²) in [5, 5.41) is 4.06. The van der Waals surface area contributed by atoms with Gasteiger partial charge in [0.05, 0.1) is 29.3 Å². The first-order chi connectivity index (χ1) is 15.0. The van der Waals surface area contributed by atoms with Crippen LogP contribution in [-0.2, 0) is 19.1 Å². The van der Waals surface area contributed by atoms with Crippen molar-refractivity contribution in [1.82, 2.24) is 25.0 Å². The molecule has 1 unspecified atom stereocenters. The van der Waals surface area contributed by atoms with Crippen LogP contribution in [0.15, 0.2) is 35.1 Å². The van der Waals surface area contributed by atoms with Crippen molar-refractivity contribution in [3.05, 3.63) is 53.4 Å². The third kappa shape index (κ3) is 4.23. The van der Waals surface area contributed by atoms with Crippen molar-refractivity contribution in [2.24, 2.45) is 5.92 Å². The molecular weight excluding hydrogens is 407 g/mol. The molecule has 0 bridgehead atoms. The fourth-order valence-electron chi connectivity index (χ4n) is 4.72. The number of hydrogen-bond donors (Lipinski definition) is 1. The molecule has 31 heavy (non-hydrogen) atoms. The molecule has 2 aliphatic rings. The van der Waals surface area contributed by atoms with E-state index in [0.717, 1.165) is 36.6 Å². The fraction of sp³-hybridized carbons (Fsp3) is 0.500. The minimum absolute atomic E-state index is 0.0894. The Balaban J connectivity index is 1.39. The Labute approximate surface area is 177 Å². The van der Waals surface area contributed by atoms with Gasteiger partial charge in [0.1, 0.15) is 0 Å². The van der Waals surface area contributed by atoms with Gasteiger partial charge in [-0.15, -0.1) is 0 Å². The van der Waals surface area contributed by atoms with Crippen LogP contribution in [0, 0.1) is 5.92 Å². The van der Waals surface area contributed by atoms with E-state index in [1.54, 1.807) is 6.33 Å². The molecule has 6 nitrogen and oxygen atoms in total. The molecule has 1 aliphatic heterocycles. The lowest BCUT2D eigenvalue weighted by atomic mass is 9.88. The number of aromatic nitrogens is 4. The lowest BCUT2D eigenvalue weighted by Crippen LogP contribution is -2.38. The van der Waals surface area contributed by atoms with Crippen LogP contribution in [0.2, 0.25) is 0 Å². The van der Waals surface area contributed by atoms with E-state index in [4.69, 9.17) is 4.52 Å². The Morgan fingerprint density at radius 2 is 1.87 bits per heavy atom. The van der Waals surface area contributed by atoms with Gasteiger partial charge in [0.2, 0.25) is 11.7 Å². The molecule has 1 aliphatic carbocycles. The number of alkyl halides is 3. The lowest BCUT2D eigenvalue weighted by Gasteiger charge is -2.36. The van der Waals surface area contributed by atoms with Crippen LogP contribution in [-0.4, -0.2) is 31.6 Å². The van der Waals surface area contributed by atoms with Gasteiger partial charge in [-0.1, -0.05) is 36.6 Å². The van der Waals surface area contributed by atoms with Gasteiger partial charge in [0, 0.05) is 25.1 Å². The van der Waals surface area contributed by atoms with Crippen LogP contribution in [0.1, 0.15) is 61.0 Å². The van der Waals surface area contributed by atoms with Gasteiger partial charge >= 0.3 is 6.18 Å². The van der Waals surface area contributed by atoms with Crippen LogP contribution in [0.3, 0.4) is 0 Å². The van der Waals surface area contributed by atoms with Crippen molar-refractivity contribution in [2.75, 3.05) is 6.54 Å². The number of nitrogens with zero attached hydrogens (tertiary/aromatic N) is 4. The number of halogens is 3. The van der Waals surface area contributed by atoms with Crippen molar-refractivity contribution in [2.45, 2.75) is 57.3 Å². The van der Waals surface area contributed by atoms with Gasteiger partial charge in [-0.2, -0.15) is 18.2 Å². The topological polar surface area (TPSA) is 70.8 Å². The summed E-state index contributed by atoms with van der Waals surface area (Å²) in [7, 11) is 0. The van der Waals surface area contributed by atoms with Gasteiger partial charge in [-0.05, 0) is 30.9 Å². The third-order valence-corrected chi connectivity index (χ3v) is 6.41. The quantitative estimate of drug-likeness (QED) is 0.618. The van der Waals surface area contributed by atoms with E-state index < -0.39 is 11.7 Å². The molecule has 1 fully saturated rings. The van der Waals surface area contributed by atoms with E-state index in [1.165, 1.54) is 44.2 Å². The zero-order chi connectivity index (χ0) is 21.4. The Bertz CT molecular complexity index is 1020. The van der Waals surface area contributed by atoms with Crippen LogP contribution in [0.25, 0.3) is 11.4 Å². The maximum absolute atomic E-state index is 12.8. The molecule has 0 saturated heterocycles. The number of benzene rings is 1. The van der Waals surface area contributed by atoms with Crippen molar-refractivity contribution < 1.29 is 17.7 Å². The average molecular weight is 431 g/mol. The van der Waals surface area contributed by atoms with Gasteiger partial charge in [0.15, 0.2) is 0 Å². The summed E-state index contributed by atoms with van der Waals surface area (Å²) >= 11 is 0. The average Bonchev–Trinajstić information content (AvgIpc) is 3.43. The molecule has 164 valence electrons. The maximum Gasteiger partial charge on any atom is 0.416 e. The summed E-state index contributed by atoms with van der Waals surface area (Å²) in [6.07, 6.45) is 4.34. The monoisotopic (exact) mass is 431 g/mol. The van der Waals surface area contributed by atoms with E-state index in [-0.39, 0.29) is 6.04 Å². The van der Waals surface area contributed by atoms with Gasteiger partial charge in [-0.25, -0.2) is 4.98 Å². The highest BCUT2D eigenvalue weighted by molar-refractivity contribution is 5.55. The highest BCUT2D eigenvalue weighted by Crippen LogP contribution is 2.35. The van der Waals surface area contributed by atoms with E-state index in [0.29, 0.717) is 29.6 Å². The zero-order valence-electron chi connectivity index (χ0n) is 17.0. The maximum atomic E-state index is 12.8. The smallest absolute Gasteiger partial charge is 0.347 e. The van der Waals surface area contributed by atoms with E-state index in [1.807, 2.05) is 0 Å². The minimum atomic E-state index is -4.37. The number of fused-ring (bicyclic) bond motifs is 1. The first-order valence-electron chi connectivity index (χ1n) is 10.7. The Kier molecular flexibility index (Phi) is 5.29. The fourth-order valence-corrected chi connectivity index (χ4v) is 4.72. The molecule has 2 aromatic heterocycles.